The number of hydrogen-bond acceptors (Lipinski definition) is 7. The second-order valence-corrected chi connectivity index (χ2v) is 14.4. The van der Waals surface area contributed by atoms with Crippen LogP contribution in [0.2, 0.25) is 19.6 Å². The molecule has 3 rings (SSSR count). The highest BCUT2D eigenvalue weighted by molar-refractivity contribution is 6.69. The van der Waals surface area contributed by atoms with Gasteiger partial charge in [-0.25, -0.2) is 9.59 Å². The van der Waals surface area contributed by atoms with Gasteiger partial charge in [0.2, 0.25) is 5.91 Å². The number of carbonyl (C=O) groups excluding carboxylic acids is 4. The minimum absolute atomic E-state index is 0.147. The van der Waals surface area contributed by atoms with E-state index in [-0.39, 0.29) is 31.9 Å². The molecule has 0 saturated carbocycles. The first-order valence-electron chi connectivity index (χ1n) is 11.8. The lowest BCUT2D eigenvalue weighted by Gasteiger charge is -2.48. The van der Waals surface area contributed by atoms with E-state index >= 15 is 0 Å². The predicted octanol–water partition coefficient (Wildman–Crippen LogP) is 2.59. The normalized spacial score (nSPS) is 20.8. The third-order valence-electron chi connectivity index (χ3n) is 6.14. The van der Waals surface area contributed by atoms with Crippen LogP contribution in [0.25, 0.3) is 0 Å². The van der Waals surface area contributed by atoms with Gasteiger partial charge in [0, 0.05) is 19.5 Å². The number of carbonyl (C=O) groups is 5. The van der Waals surface area contributed by atoms with E-state index in [0.29, 0.717) is 16.9 Å². The Morgan fingerprint density at radius 3 is 2.36 bits per heavy atom. The lowest BCUT2D eigenvalue weighted by Crippen LogP contribution is -2.68. The Hall–Kier alpha value is -3.31. The lowest BCUT2D eigenvalue weighted by atomic mass is 9.79. The zero-order valence-electron chi connectivity index (χ0n) is 20.9. The molecule has 2 aliphatic heterocycles. The number of rotatable bonds is 8. The van der Waals surface area contributed by atoms with Gasteiger partial charge >= 0.3 is 18.0 Å². The number of amides is 3. The van der Waals surface area contributed by atoms with Crippen molar-refractivity contribution >= 4 is 38.0 Å². The van der Waals surface area contributed by atoms with Crippen LogP contribution < -0.4 is 0 Å². The zero-order valence-corrected chi connectivity index (χ0v) is 21.9. The number of nitrogens with zero attached hydrogens (tertiary/aromatic N) is 2. The van der Waals surface area contributed by atoms with E-state index in [1.807, 2.05) is 50.0 Å². The molecule has 0 radical (unpaired) electrons. The van der Waals surface area contributed by atoms with Gasteiger partial charge in [-0.1, -0.05) is 36.4 Å². The van der Waals surface area contributed by atoms with Crippen LogP contribution in [0.5, 0.6) is 0 Å². The van der Waals surface area contributed by atoms with Gasteiger partial charge < -0.3 is 19.2 Å². The molecule has 1 saturated heterocycles. The van der Waals surface area contributed by atoms with Crippen LogP contribution in [-0.4, -0.2) is 78.1 Å². The molecule has 194 valence electrons. The first-order chi connectivity index (χ1) is 16.9. The maximum Gasteiger partial charge on any atom is 0.410 e. The summed E-state index contributed by atoms with van der Waals surface area (Å²) in [5.74, 6) is -4.81. The second kappa shape index (κ2) is 11.2. The molecular weight excluding hydrogens is 484 g/mol. The molecule has 0 aromatic heterocycles. The number of ketones is 1. The molecule has 1 N–H and O–H groups in total. The third kappa shape index (κ3) is 6.46. The van der Waals surface area contributed by atoms with Gasteiger partial charge in [0.15, 0.2) is 14.1 Å². The van der Waals surface area contributed by atoms with Crippen molar-refractivity contribution in [2.45, 2.75) is 58.2 Å². The number of benzene rings is 1. The maximum atomic E-state index is 13.1. The SMILES string of the molecule is C[C@@H](O[Si](C)(C)C)[C@H]1C(=O)N(C(=O)C(=O)O)[C@@H]1CC(=O)C1=CCN(C(=O)OCc2ccccc2)CC1. The Labute approximate surface area is 211 Å². The number of likely N-dealkylation sites (tertiary alicyclic amines) is 1. The molecule has 0 unspecified atom stereocenters. The van der Waals surface area contributed by atoms with Gasteiger partial charge in [-0.05, 0) is 44.1 Å². The highest BCUT2D eigenvalue weighted by atomic mass is 28.4. The summed E-state index contributed by atoms with van der Waals surface area (Å²) in [7, 11) is -2.03. The quantitative estimate of drug-likeness (QED) is 0.317. The van der Waals surface area contributed by atoms with Gasteiger partial charge in [-0.15, -0.1) is 0 Å². The van der Waals surface area contributed by atoms with Gasteiger partial charge in [0.25, 0.3) is 0 Å². The minimum Gasteiger partial charge on any atom is -0.474 e. The molecular formula is C25H32N2O8Si. The molecule has 0 aliphatic carbocycles. The van der Waals surface area contributed by atoms with Crippen molar-refractivity contribution in [2.75, 3.05) is 13.1 Å². The number of aliphatic carboxylic acids is 1. The van der Waals surface area contributed by atoms with Gasteiger partial charge in [0.1, 0.15) is 6.61 Å². The fraction of sp³-hybridized carbons (Fsp3) is 0.480. The average Bonchev–Trinajstić information content (AvgIpc) is 2.81. The molecule has 36 heavy (non-hydrogen) atoms. The number of ether oxygens (including phenoxy) is 1. The molecule has 2 heterocycles. The molecule has 2 aliphatic rings. The number of carboxylic acids is 1. The van der Waals surface area contributed by atoms with Crippen molar-refractivity contribution in [1.29, 1.82) is 0 Å². The molecule has 3 amide bonds. The van der Waals surface area contributed by atoms with Crippen LogP contribution in [0.3, 0.4) is 0 Å². The van der Waals surface area contributed by atoms with E-state index < -0.39 is 50.3 Å². The molecule has 11 heteroatoms. The minimum atomic E-state index is -2.03. The zero-order chi connectivity index (χ0) is 26.6. The summed E-state index contributed by atoms with van der Waals surface area (Å²) in [4.78, 5) is 63.6. The van der Waals surface area contributed by atoms with E-state index in [0.717, 1.165) is 5.56 Å². The number of hydrogen-bond donors (Lipinski definition) is 1. The summed E-state index contributed by atoms with van der Waals surface area (Å²) in [6, 6.07) is 8.40. The molecule has 1 aromatic carbocycles. The Bertz CT molecular complexity index is 1070. The van der Waals surface area contributed by atoms with Crippen molar-refractivity contribution in [3.05, 3.63) is 47.5 Å². The van der Waals surface area contributed by atoms with Crippen molar-refractivity contribution in [3.63, 3.8) is 0 Å². The van der Waals surface area contributed by atoms with Crippen LogP contribution in [0.15, 0.2) is 42.0 Å². The molecule has 1 aromatic rings. The van der Waals surface area contributed by atoms with Crippen molar-refractivity contribution in [2.24, 2.45) is 5.92 Å². The Balaban J connectivity index is 1.63. The summed E-state index contributed by atoms with van der Waals surface area (Å²) in [6.45, 7) is 8.19. The number of β-lactam (4-membered cyclic amide) rings is 1. The van der Waals surface area contributed by atoms with Crippen LogP contribution in [0, 0.1) is 5.92 Å². The molecule has 3 atom stereocenters. The van der Waals surface area contributed by atoms with E-state index in [1.54, 1.807) is 13.0 Å². The van der Waals surface area contributed by atoms with Gasteiger partial charge in [-0.3, -0.25) is 19.3 Å². The van der Waals surface area contributed by atoms with E-state index in [9.17, 15) is 24.0 Å². The van der Waals surface area contributed by atoms with Gasteiger partial charge in [-0.2, -0.15) is 0 Å². The molecule has 0 spiro atoms. The van der Waals surface area contributed by atoms with E-state index in [4.69, 9.17) is 14.3 Å². The highest BCUT2D eigenvalue weighted by Crippen LogP contribution is 2.35. The molecule has 1 fully saturated rings. The smallest absolute Gasteiger partial charge is 0.410 e. The van der Waals surface area contributed by atoms with Crippen LogP contribution in [0.4, 0.5) is 4.79 Å². The lowest BCUT2D eigenvalue weighted by molar-refractivity contribution is -0.178. The summed E-state index contributed by atoms with van der Waals surface area (Å²) in [5.41, 5.74) is 1.34. The summed E-state index contributed by atoms with van der Waals surface area (Å²) in [5, 5.41) is 9.13. The monoisotopic (exact) mass is 516 g/mol. The standard InChI is InChI=1S/C25H32N2O8Si/c1-16(35-36(2,3)4)21-19(27(22(21)29)23(30)24(31)32)14-20(28)18-10-12-26(13-11-18)25(33)34-15-17-8-6-5-7-9-17/h5-10,16,19,21H,11-15H2,1-4H3,(H,31,32)/t16-,19-,21-/m1/s1. The Kier molecular flexibility index (Phi) is 8.46. The topological polar surface area (TPSA) is 131 Å². The maximum absolute atomic E-state index is 13.1. The fourth-order valence-corrected chi connectivity index (χ4v) is 5.77. The van der Waals surface area contributed by atoms with Crippen molar-refractivity contribution < 1.29 is 38.2 Å². The van der Waals surface area contributed by atoms with E-state index in [2.05, 4.69) is 0 Å². The average molecular weight is 517 g/mol. The molecule has 10 nitrogen and oxygen atoms in total. The first kappa shape index (κ1) is 27.3. The van der Waals surface area contributed by atoms with Crippen molar-refractivity contribution in [3.8, 4) is 0 Å². The van der Waals surface area contributed by atoms with E-state index in [1.165, 1.54) is 4.90 Å². The van der Waals surface area contributed by atoms with Crippen LogP contribution in [-0.2, 0) is 34.9 Å². The number of Topliss-reactive ketones (excluding diaryl/α,β-unsaturated/α-hetero) is 1. The van der Waals surface area contributed by atoms with Crippen molar-refractivity contribution in [1.82, 2.24) is 9.80 Å². The van der Waals surface area contributed by atoms with Gasteiger partial charge in [0.05, 0.1) is 18.1 Å². The number of carboxylic acid groups (broad SMARTS) is 1. The first-order valence-corrected chi connectivity index (χ1v) is 15.3. The summed E-state index contributed by atoms with van der Waals surface area (Å²) in [6.07, 6.45) is 0.686. The second-order valence-electron chi connectivity index (χ2n) is 9.94. The van der Waals surface area contributed by atoms with Crippen LogP contribution in [0.1, 0.15) is 25.3 Å². The molecule has 0 bridgehead atoms. The predicted molar refractivity (Wildman–Crippen MR) is 131 cm³/mol. The third-order valence-corrected chi connectivity index (χ3v) is 7.22. The Morgan fingerprint density at radius 1 is 1.14 bits per heavy atom. The largest absolute Gasteiger partial charge is 0.474 e. The highest BCUT2D eigenvalue weighted by Gasteiger charge is 2.55. The summed E-state index contributed by atoms with van der Waals surface area (Å²) < 4.78 is 11.3. The summed E-state index contributed by atoms with van der Waals surface area (Å²) >= 11 is 0. The van der Waals surface area contributed by atoms with Crippen LogP contribution >= 0.6 is 0 Å². The number of imide groups is 1. The fourth-order valence-electron chi connectivity index (χ4n) is 4.50. The Morgan fingerprint density at radius 2 is 1.81 bits per heavy atom.